The summed E-state index contributed by atoms with van der Waals surface area (Å²) in [6.07, 6.45) is 7.94. The highest BCUT2D eigenvalue weighted by Crippen LogP contribution is 2.27. The Hall–Kier alpha value is -2.82. The predicted molar refractivity (Wildman–Crippen MR) is 148 cm³/mol. The molecule has 1 fully saturated rings. The van der Waals surface area contributed by atoms with E-state index in [2.05, 4.69) is 38.7 Å². The van der Waals surface area contributed by atoms with Crippen molar-refractivity contribution in [1.82, 2.24) is 19.5 Å². The minimum Gasteiger partial charge on any atom is -0.396 e. The Balaban J connectivity index is 1.36. The van der Waals surface area contributed by atoms with E-state index in [0.29, 0.717) is 29.8 Å². The second-order valence-corrected chi connectivity index (χ2v) is 12.5. The van der Waals surface area contributed by atoms with Crippen LogP contribution in [-0.4, -0.2) is 58.1 Å². The van der Waals surface area contributed by atoms with Crippen molar-refractivity contribution in [1.29, 1.82) is 0 Å². The van der Waals surface area contributed by atoms with Crippen LogP contribution < -0.4 is 5.32 Å². The van der Waals surface area contributed by atoms with Gasteiger partial charge in [-0.3, -0.25) is 0 Å². The van der Waals surface area contributed by atoms with Crippen LogP contribution in [0.25, 0.3) is 11.4 Å². The Morgan fingerprint density at radius 3 is 2.58 bits per heavy atom. The van der Waals surface area contributed by atoms with Crippen LogP contribution in [-0.2, 0) is 14.6 Å². The van der Waals surface area contributed by atoms with Gasteiger partial charge >= 0.3 is 0 Å². The Kier molecular flexibility index (Phi) is 9.17. The van der Waals surface area contributed by atoms with E-state index >= 15 is 0 Å². The second kappa shape index (κ2) is 12.4. The van der Waals surface area contributed by atoms with Crippen LogP contribution in [0.5, 0.6) is 0 Å². The molecule has 1 saturated carbocycles. The smallest absolute Gasteiger partial charge is 0.227 e. The molecule has 10 heteroatoms. The molecule has 1 aliphatic rings. The van der Waals surface area contributed by atoms with Gasteiger partial charge in [0.15, 0.2) is 9.84 Å². The highest BCUT2D eigenvalue weighted by atomic mass is 32.2. The first kappa shape index (κ1) is 28.2. The van der Waals surface area contributed by atoms with Crippen LogP contribution in [0, 0.1) is 19.8 Å². The summed E-state index contributed by atoms with van der Waals surface area (Å²) < 4.78 is 33.9. The third-order valence-corrected chi connectivity index (χ3v) is 8.98. The van der Waals surface area contributed by atoms with Crippen LogP contribution in [0.3, 0.4) is 0 Å². The molecule has 0 atom stereocenters. The number of aryl methyl sites for hydroxylation is 2. The van der Waals surface area contributed by atoms with E-state index in [1.54, 1.807) is 24.4 Å². The number of benzene rings is 1. The maximum Gasteiger partial charge on any atom is 0.227 e. The van der Waals surface area contributed by atoms with Crippen molar-refractivity contribution in [3.8, 4) is 11.4 Å². The van der Waals surface area contributed by atoms with Gasteiger partial charge in [0.25, 0.3) is 0 Å². The number of imidazole rings is 1. The number of sulfone groups is 1. The highest BCUT2D eigenvalue weighted by molar-refractivity contribution is 7.91. The number of aromatic nitrogens is 4. The number of rotatable bonds is 11. The number of hydrogen-bond donors (Lipinski definition) is 2. The van der Waals surface area contributed by atoms with Gasteiger partial charge in [-0.25, -0.2) is 23.4 Å². The molecule has 0 bridgehead atoms. The molecule has 0 spiro atoms. The number of nitrogens with one attached hydrogen (secondary N) is 1. The summed E-state index contributed by atoms with van der Waals surface area (Å²) in [7, 11) is -3.42. The van der Waals surface area contributed by atoms with Crippen LogP contribution >= 0.6 is 0 Å². The first-order valence-corrected chi connectivity index (χ1v) is 15.0. The molecule has 206 valence electrons. The zero-order valence-corrected chi connectivity index (χ0v) is 23.5. The van der Waals surface area contributed by atoms with Gasteiger partial charge in [-0.1, -0.05) is 0 Å². The molecule has 4 rings (SSSR count). The van der Waals surface area contributed by atoms with Gasteiger partial charge in [0.05, 0.1) is 34.3 Å². The molecule has 0 amide bonds. The minimum absolute atomic E-state index is 0.0410. The molecule has 1 aliphatic carbocycles. The SMILES string of the molecule is Cc1cc(S(=O)(=O)CCCOC2CCC(CO)CC2)ccc1Nc1nccc(-c2cnc(C)n2C(C)C)n1. The van der Waals surface area contributed by atoms with Crippen LogP contribution in [0.4, 0.5) is 11.6 Å². The summed E-state index contributed by atoms with van der Waals surface area (Å²) in [5.74, 6) is 1.78. The van der Waals surface area contributed by atoms with Crippen molar-refractivity contribution in [2.45, 2.75) is 76.8 Å². The molecule has 0 radical (unpaired) electrons. The molecule has 9 nitrogen and oxygen atoms in total. The average molecular weight is 542 g/mol. The van der Waals surface area contributed by atoms with Gasteiger partial charge in [-0.15, -0.1) is 0 Å². The zero-order chi connectivity index (χ0) is 27.3. The summed E-state index contributed by atoms with van der Waals surface area (Å²) in [6, 6.07) is 7.18. The molecule has 1 aromatic carbocycles. The summed E-state index contributed by atoms with van der Waals surface area (Å²) >= 11 is 0. The quantitative estimate of drug-likeness (QED) is 0.325. The fourth-order valence-corrected chi connectivity index (χ4v) is 6.41. The Labute approximate surface area is 225 Å². The first-order valence-electron chi connectivity index (χ1n) is 13.4. The summed E-state index contributed by atoms with van der Waals surface area (Å²) in [5, 5.41) is 12.5. The lowest BCUT2D eigenvalue weighted by molar-refractivity contribution is 0.0120. The fraction of sp³-hybridized carbons (Fsp3) is 0.536. The predicted octanol–water partition coefficient (Wildman–Crippen LogP) is 5.01. The van der Waals surface area contributed by atoms with E-state index in [9.17, 15) is 13.5 Å². The molecule has 0 unspecified atom stereocenters. The minimum atomic E-state index is -3.42. The molecule has 2 N–H and O–H groups in total. The maximum absolute atomic E-state index is 12.9. The van der Waals surface area contributed by atoms with Gasteiger partial charge in [0, 0.05) is 31.1 Å². The van der Waals surface area contributed by atoms with Crippen LogP contribution in [0.1, 0.15) is 63.4 Å². The maximum atomic E-state index is 12.9. The summed E-state index contributed by atoms with van der Waals surface area (Å²) in [4.78, 5) is 13.8. The van der Waals surface area contributed by atoms with E-state index in [4.69, 9.17) is 4.74 Å². The number of ether oxygens (including phenoxy) is 1. The molecule has 38 heavy (non-hydrogen) atoms. The number of aliphatic hydroxyl groups excluding tert-OH is 1. The molecule has 0 saturated heterocycles. The van der Waals surface area contributed by atoms with E-state index in [1.807, 2.05) is 26.1 Å². The lowest BCUT2D eigenvalue weighted by atomic mass is 9.88. The largest absolute Gasteiger partial charge is 0.396 e. The van der Waals surface area contributed by atoms with Crippen molar-refractivity contribution >= 4 is 21.5 Å². The standard InChI is InChI=1S/C28H39N5O4S/c1-19(2)33-21(4)30-17-27(33)26-12-13-29-28(32-26)31-25-11-10-24(16-20(25)3)38(35,36)15-5-14-37-23-8-6-22(18-34)7-9-23/h10-13,16-17,19,22-23,34H,5-9,14-15,18H2,1-4H3,(H,29,31,32). The number of anilines is 2. The molecule has 2 aromatic heterocycles. The van der Waals surface area contributed by atoms with E-state index in [0.717, 1.165) is 54.1 Å². The van der Waals surface area contributed by atoms with Crippen LogP contribution in [0.2, 0.25) is 0 Å². The average Bonchev–Trinajstić information content (AvgIpc) is 3.30. The zero-order valence-electron chi connectivity index (χ0n) is 22.7. The van der Waals surface area contributed by atoms with Gasteiger partial charge in [0.2, 0.25) is 5.95 Å². The molecule has 3 aromatic rings. The molecular formula is C28H39N5O4S. The third kappa shape index (κ3) is 6.78. The van der Waals surface area contributed by atoms with Gasteiger partial charge in [-0.05, 0) is 95.5 Å². The van der Waals surface area contributed by atoms with Gasteiger partial charge in [-0.2, -0.15) is 0 Å². The van der Waals surface area contributed by atoms with Crippen molar-refractivity contribution in [2.75, 3.05) is 24.3 Å². The van der Waals surface area contributed by atoms with Gasteiger partial charge < -0.3 is 19.7 Å². The number of nitrogens with zero attached hydrogens (tertiary/aromatic N) is 4. The summed E-state index contributed by atoms with van der Waals surface area (Å²) in [6.45, 7) is 8.72. The second-order valence-electron chi connectivity index (χ2n) is 10.4. The number of aliphatic hydroxyl groups is 1. The highest BCUT2D eigenvalue weighted by Gasteiger charge is 2.22. The Bertz CT molecular complexity index is 1330. The summed E-state index contributed by atoms with van der Waals surface area (Å²) in [5.41, 5.74) is 3.22. The number of hydrogen-bond acceptors (Lipinski definition) is 8. The van der Waals surface area contributed by atoms with E-state index < -0.39 is 9.84 Å². The third-order valence-electron chi connectivity index (χ3n) is 7.18. The van der Waals surface area contributed by atoms with Crippen molar-refractivity contribution < 1.29 is 18.3 Å². The molecule has 2 heterocycles. The monoisotopic (exact) mass is 541 g/mol. The first-order chi connectivity index (χ1) is 18.2. The lowest BCUT2D eigenvalue weighted by Crippen LogP contribution is -2.24. The van der Waals surface area contributed by atoms with Crippen molar-refractivity contribution in [3.05, 3.63) is 48.0 Å². The van der Waals surface area contributed by atoms with E-state index in [1.165, 1.54) is 0 Å². The van der Waals surface area contributed by atoms with Crippen molar-refractivity contribution in [3.63, 3.8) is 0 Å². The fourth-order valence-electron chi connectivity index (χ4n) is 5.04. The van der Waals surface area contributed by atoms with Crippen molar-refractivity contribution in [2.24, 2.45) is 5.92 Å². The topological polar surface area (TPSA) is 119 Å². The van der Waals surface area contributed by atoms with E-state index in [-0.39, 0.29) is 24.5 Å². The van der Waals surface area contributed by atoms with Crippen LogP contribution in [0.15, 0.2) is 41.6 Å². The lowest BCUT2D eigenvalue weighted by Gasteiger charge is -2.27. The normalized spacial score (nSPS) is 18.2. The molecule has 0 aliphatic heterocycles. The van der Waals surface area contributed by atoms with Gasteiger partial charge in [0.1, 0.15) is 5.82 Å². The molecular weight excluding hydrogens is 502 g/mol. The Morgan fingerprint density at radius 1 is 1.13 bits per heavy atom. The Morgan fingerprint density at radius 2 is 1.89 bits per heavy atom.